The van der Waals surface area contributed by atoms with Gasteiger partial charge in [-0.05, 0) is 55.7 Å². The Kier molecular flexibility index (Phi) is 3.94. The standard InChI is InChI=1S/C21H21FN4O2/c1-14-9-17(15-3-5-16(22)6-4-15)24-26-10-18(23-19(14)26)20(27)25-8-2-7-21(11-25)12-28-13-21/h3-6,9-10H,2,7-8,11-13H2,1H3. The zero-order valence-electron chi connectivity index (χ0n) is 15.7. The molecule has 5 rings (SSSR count). The summed E-state index contributed by atoms with van der Waals surface area (Å²) in [5.41, 5.74) is 3.64. The van der Waals surface area contributed by atoms with Gasteiger partial charge in [-0.3, -0.25) is 4.79 Å². The molecule has 3 aromatic rings. The van der Waals surface area contributed by atoms with E-state index in [2.05, 4.69) is 10.1 Å². The number of halogens is 1. The topological polar surface area (TPSA) is 59.7 Å². The average molecular weight is 380 g/mol. The van der Waals surface area contributed by atoms with Crippen LogP contribution in [-0.4, -0.2) is 51.7 Å². The number of imidazole rings is 1. The first kappa shape index (κ1) is 17.3. The summed E-state index contributed by atoms with van der Waals surface area (Å²) >= 11 is 0. The molecule has 0 atom stereocenters. The fraction of sp³-hybridized carbons (Fsp3) is 0.381. The van der Waals surface area contributed by atoms with Gasteiger partial charge in [-0.1, -0.05) is 0 Å². The lowest BCUT2D eigenvalue weighted by atomic mass is 9.78. The highest BCUT2D eigenvalue weighted by Crippen LogP contribution is 2.37. The molecule has 1 aromatic carbocycles. The lowest BCUT2D eigenvalue weighted by Crippen LogP contribution is -2.55. The molecular formula is C21H21FN4O2. The second-order valence-corrected chi connectivity index (χ2v) is 7.94. The number of hydrogen-bond acceptors (Lipinski definition) is 4. The minimum absolute atomic E-state index is 0.0563. The van der Waals surface area contributed by atoms with Gasteiger partial charge in [0.15, 0.2) is 5.65 Å². The largest absolute Gasteiger partial charge is 0.380 e. The lowest BCUT2D eigenvalue weighted by Gasteiger charge is -2.48. The first-order valence-corrected chi connectivity index (χ1v) is 9.53. The number of nitrogens with zero attached hydrogens (tertiary/aromatic N) is 4. The number of fused-ring (bicyclic) bond motifs is 1. The Morgan fingerprint density at radius 1 is 1.25 bits per heavy atom. The molecule has 2 aromatic heterocycles. The van der Waals surface area contributed by atoms with Crippen LogP contribution >= 0.6 is 0 Å². The van der Waals surface area contributed by atoms with Crippen LogP contribution in [0, 0.1) is 18.2 Å². The summed E-state index contributed by atoms with van der Waals surface area (Å²) in [6, 6.07) is 8.12. The SMILES string of the molecule is Cc1cc(-c2ccc(F)cc2)nn2cc(C(=O)N3CCCC4(COC4)C3)nc12. The van der Waals surface area contributed by atoms with Crippen molar-refractivity contribution in [3.05, 3.63) is 53.6 Å². The molecule has 7 heteroatoms. The van der Waals surface area contributed by atoms with Crippen LogP contribution in [0.3, 0.4) is 0 Å². The number of piperidine rings is 1. The summed E-state index contributed by atoms with van der Waals surface area (Å²) in [5.74, 6) is -0.340. The van der Waals surface area contributed by atoms with E-state index >= 15 is 0 Å². The van der Waals surface area contributed by atoms with Gasteiger partial charge < -0.3 is 9.64 Å². The number of benzene rings is 1. The number of rotatable bonds is 2. The van der Waals surface area contributed by atoms with Crippen LogP contribution in [0.5, 0.6) is 0 Å². The second kappa shape index (κ2) is 6.38. The van der Waals surface area contributed by atoms with E-state index in [4.69, 9.17) is 4.74 Å². The van der Waals surface area contributed by atoms with Crippen molar-refractivity contribution in [3.8, 4) is 11.3 Å². The van der Waals surface area contributed by atoms with Crippen LogP contribution in [0.4, 0.5) is 4.39 Å². The van der Waals surface area contributed by atoms with Crippen molar-refractivity contribution in [1.29, 1.82) is 0 Å². The maximum atomic E-state index is 13.2. The van der Waals surface area contributed by atoms with E-state index in [1.165, 1.54) is 12.1 Å². The van der Waals surface area contributed by atoms with E-state index < -0.39 is 0 Å². The predicted molar refractivity (Wildman–Crippen MR) is 102 cm³/mol. The van der Waals surface area contributed by atoms with Gasteiger partial charge in [-0.25, -0.2) is 13.9 Å². The number of ether oxygens (including phenoxy) is 1. The molecule has 0 saturated carbocycles. The highest BCUT2D eigenvalue weighted by molar-refractivity contribution is 5.93. The summed E-state index contributed by atoms with van der Waals surface area (Å²) in [5, 5.41) is 4.58. The molecule has 0 aliphatic carbocycles. The zero-order valence-corrected chi connectivity index (χ0v) is 15.7. The van der Waals surface area contributed by atoms with Crippen molar-refractivity contribution in [1.82, 2.24) is 19.5 Å². The van der Waals surface area contributed by atoms with E-state index in [9.17, 15) is 9.18 Å². The second-order valence-electron chi connectivity index (χ2n) is 7.94. The number of carbonyl (C=O) groups is 1. The van der Waals surface area contributed by atoms with Crippen molar-refractivity contribution in [2.75, 3.05) is 26.3 Å². The van der Waals surface area contributed by atoms with Gasteiger partial charge in [-0.15, -0.1) is 0 Å². The van der Waals surface area contributed by atoms with Crippen LogP contribution < -0.4 is 0 Å². The van der Waals surface area contributed by atoms with Gasteiger partial charge in [0.25, 0.3) is 5.91 Å². The first-order chi connectivity index (χ1) is 13.5. The number of amides is 1. The highest BCUT2D eigenvalue weighted by Gasteiger charge is 2.43. The van der Waals surface area contributed by atoms with Crippen molar-refractivity contribution in [3.63, 3.8) is 0 Å². The predicted octanol–water partition coefficient (Wildman–Crippen LogP) is 3.10. The minimum Gasteiger partial charge on any atom is -0.380 e. The number of likely N-dealkylation sites (tertiary alicyclic amines) is 1. The van der Waals surface area contributed by atoms with E-state index in [1.807, 2.05) is 17.9 Å². The molecule has 0 bridgehead atoms. The van der Waals surface area contributed by atoms with Crippen LogP contribution in [0.25, 0.3) is 16.9 Å². The van der Waals surface area contributed by atoms with Gasteiger partial charge in [0, 0.05) is 24.1 Å². The summed E-state index contributed by atoms with van der Waals surface area (Å²) in [6.07, 6.45) is 3.80. The average Bonchev–Trinajstić information content (AvgIpc) is 3.11. The van der Waals surface area contributed by atoms with E-state index in [1.54, 1.807) is 22.8 Å². The van der Waals surface area contributed by atoms with Crippen LogP contribution in [0.15, 0.2) is 36.5 Å². The Morgan fingerprint density at radius 2 is 2.04 bits per heavy atom. The van der Waals surface area contributed by atoms with Gasteiger partial charge in [-0.2, -0.15) is 5.10 Å². The van der Waals surface area contributed by atoms with E-state index in [0.29, 0.717) is 17.0 Å². The molecule has 0 radical (unpaired) electrons. The Labute approximate surface area is 161 Å². The summed E-state index contributed by atoms with van der Waals surface area (Å²) in [4.78, 5) is 19.5. The number of aryl methyl sites for hydroxylation is 1. The van der Waals surface area contributed by atoms with E-state index in [0.717, 1.165) is 50.3 Å². The summed E-state index contributed by atoms with van der Waals surface area (Å²) in [7, 11) is 0. The van der Waals surface area contributed by atoms with Crippen molar-refractivity contribution >= 4 is 11.6 Å². The fourth-order valence-corrected chi connectivity index (χ4v) is 4.17. The van der Waals surface area contributed by atoms with Gasteiger partial charge in [0.1, 0.15) is 11.5 Å². The number of carbonyl (C=O) groups excluding carboxylic acids is 1. The minimum atomic E-state index is -0.284. The molecule has 6 nitrogen and oxygen atoms in total. The Hall–Kier alpha value is -2.80. The van der Waals surface area contributed by atoms with E-state index in [-0.39, 0.29) is 17.1 Å². The first-order valence-electron chi connectivity index (χ1n) is 9.53. The summed E-state index contributed by atoms with van der Waals surface area (Å²) < 4.78 is 20.2. The monoisotopic (exact) mass is 380 g/mol. The summed E-state index contributed by atoms with van der Waals surface area (Å²) in [6.45, 7) is 4.90. The molecule has 28 heavy (non-hydrogen) atoms. The fourth-order valence-electron chi connectivity index (χ4n) is 4.17. The van der Waals surface area contributed by atoms with Crippen molar-refractivity contribution in [2.24, 2.45) is 5.41 Å². The molecule has 4 heterocycles. The molecule has 2 aliphatic heterocycles. The molecule has 2 aliphatic rings. The smallest absolute Gasteiger partial charge is 0.274 e. The maximum Gasteiger partial charge on any atom is 0.274 e. The third-order valence-corrected chi connectivity index (χ3v) is 5.73. The van der Waals surface area contributed by atoms with Crippen LogP contribution in [0.1, 0.15) is 28.9 Å². The number of aromatic nitrogens is 3. The third kappa shape index (κ3) is 2.86. The Balaban J connectivity index is 1.46. The van der Waals surface area contributed by atoms with Gasteiger partial charge in [0.05, 0.1) is 25.1 Å². The molecule has 1 spiro atoms. The highest BCUT2D eigenvalue weighted by atomic mass is 19.1. The molecule has 1 amide bonds. The van der Waals surface area contributed by atoms with Gasteiger partial charge in [0.2, 0.25) is 0 Å². The number of hydrogen-bond donors (Lipinski definition) is 0. The van der Waals surface area contributed by atoms with Crippen LogP contribution in [-0.2, 0) is 4.74 Å². The molecule has 2 saturated heterocycles. The normalized spacial score (nSPS) is 18.4. The molecule has 2 fully saturated rings. The molecule has 144 valence electrons. The van der Waals surface area contributed by atoms with Gasteiger partial charge >= 0.3 is 0 Å². The molecule has 0 N–H and O–H groups in total. The zero-order chi connectivity index (χ0) is 19.3. The molecule has 0 unspecified atom stereocenters. The quantitative estimate of drug-likeness (QED) is 0.686. The maximum absolute atomic E-state index is 13.2. The Bertz CT molecular complexity index is 1060. The lowest BCUT2D eigenvalue weighted by molar-refractivity contribution is -0.138. The molecular weight excluding hydrogens is 359 g/mol. The van der Waals surface area contributed by atoms with Crippen LogP contribution in [0.2, 0.25) is 0 Å². The van der Waals surface area contributed by atoms with Crippen molar-refractivity contribution < 1.29 is 13.9 Å². The third-order valence-electron chi connectivity index (χ3n) is 5.73. The van der Waals surface area contributed by atoms with Crippen molar-refractivity contribution in [2.45, 2.75) is 19.8 Å². The Morgan fingerprint density at radius 3 is 2.75 bits per heavy atom.